The lowest BCUT2D eigenvalue weighted by Crippen LogP contribution is -1.94. The Bertz CT molecular complexity index is 4060. The van der Waals surface area contributed by atoms with E-state index in [1.54, 1.807) is 0 Å². The lowest BCUT2D eigenvalue weighted by atomic mass is 9.92. The van der Waals surface area contributed by atoms with E-state index in [4.69, 9.17) is 8.83 Å². The first-order valence-corrected chi connectivity index (χ1v) is 21.9. The molecule has 3 nitrogen and oxygen atoms in total. The first kappa shape index (κ1) is 34.6. The predicted octanol–water partition coefficient (Wildman–Crippen LogP) is 16.8. The molecule has 0 atom stereocenters. The van der Waals surface area contributed by atoms with Crippen LogP contribution in [0.4, 0.5) is 0 Å². The molecule has 3 heteroatoms. The standard InChI is InChI=1S/C60H37NO2/c1-2-16-45-43(14-1)44-15-3-4-17-46(44)52-33-37(26-29-47(45)52)36-12-9-13-40(32-36)61-55-30-27-38(41-20-10-22-50-48-18-5-7-24-57(48)62-59(41)50)34-53(55)54-35-39(28-31-56(54)61)42-21-11-23-51-49-19-6-8-25-58(49)63-60(42)51/h1-7,9-24,26-35H,8,25H2. The fraction of sp³-hybridized carbons (Fsp3) is 0.0333. The molecule has 0 aliphatic heterocycles. The summed E-state index contributed by atoms with van der Waals surface area (Å²) in [5.74, 6) is 1.08. The van der Waals surface area contributed by atoms with Gasteiger partial charge in [0.15, 0.2) is 0 Å². The van der Waals surface area contributed by atoms with Gasteiger partial charge in [-0.1, -0.05) is 152 Å². The molecule has 63 heavy (non-hydrogen) atoms. The second-order valence-corrected chi connectivity index (χ2v) is 17.0. The average molecular weight is 804 g/mol. The van der Waals surface area contributed by atoms with Crippen LogP contribution in [0.3, 0.4) is 0 Å². The minimum Gasteiger partial charge on any atom is -0.460 e. The van der Waals surface area contributed by atoms with E-state index in [2.05, 4.69) is 199 Å². The number of hydrogen-bond acceptors (Lipinski definition) is 2. The van der Waals surface area contributed by atoms with Gasteiger partial charge in [0.05, 0.1) is 11.0 Å². The molecule has 1 aliphatic carbocycles. The maximum Gasteiger partial charge on any atom is 0.143 e. The number of para-hydroxylation sites is 3. The number of benzene rings is 10. The molecule has 0 fully saturated rings. The molecular weight excluding hydrogens is 767 g/mol. The van der Waals surface area contributed by atoms with Crippen LogP contribution in [-0.4, -0.2) is 4.57 Å². The molecule has 0 saturated carbocycles. The first-order chi connectivity index (χ1) is 31.2. The summed E-state index contributed by atoms with van der Waals surface area (Å²) < 4.78 is 15.7. The molecule has 3 aromatic heterocycles. The molecule has 294 valence electrons. The third-order valence-electron chi connectivity index (χ3n) is 13.6. The second-order valence-electron chi connectivity index (χ2n) is 17.0. The van der Waals surface area contributed by atoms with E-state index in [1.807, 2.05) is 6.07 Å². The van der Waals surface area contributed by atoms with E-state index in [9.17, 15) is 0 Å². The summed E-state index contributed by atoms with van der Waals surface area (Å²) in [7, 11) is 0. The average Bonchev–Trinajstić information content (AvgIpc) is 4.03. The van der Waals surface area contributed by atoms with Crippen LogP contribution in [0.15, 0.2) is 203 Å². The number of hydrogen-bond donors (Lipinski definition) is 0. The maximum absolute atomic E-state index is 6.65. The van der Waals surface area contributed by atoms with Crippen LogP contribution >= 0.6 is 0 Å². The van der Waals surface area contributed by atoms with Crippen molar-refractivity contribution in [1.82, 2.24) is 4.57 Å². The number of allylic oxidation sites excluding steroid dienone is 1. The lowest BCUT2D eigenvalue weighted by molar-refractivity contribution is 0.547. The van der Waals surface area contributed by atoms with E-state index in [0.29, 0.717) is 0 Å². The number of aromatic nitrogens is 1. The molecule has 0 amide bonds. The van der Waals surface area contributed by atoms with Gasteiger partial charge in [-0.15, -0.1) is 0 Å². The normalized spacial score (nSPS) is 12.9. The first-order valence-electron chi connectivity index (χ1n) is 21.9. The summed E-state index contributed by atoms with van der Waals surface area (Å²) in [6, 6.07) is 68.8. The Labute approximate surface area is 362 Å². The molecule has 0 bridgehead atoms. The Kier molecular flexibility index (Phi) is 7.23. The number of aryl methyl sites for hydroxylation is 1. The van der Waals surface area contributed by atoms with Gasteiger partial charge in [0, 0.05) is 55.7 Å². The van der Waals surface area contributed by atoms with Crippen LogP contribution in [0, 0.1) is 0 Å². The zero-order valence-electron chi connectivity index (χ0n) is 34.2. The third-order valence-corrected chi connectivity index (χ3v) is 13.6. The molecular formula is C60H37NO2. The van der Waals surface area contributed by atoms with Gasteiger partial charge >= 0.3 is 0 Å². The zero-order valence-corrected chi connectivity index (χ0v) is 34.2. The van der Waals surface area contributed by atoms with Crippen LogP contribution in [0.2, 0.25) is 0 Å². The van der Waals surface area contributed by atoms with Gasteiger partial charge in [-0.3, -0.25) is 0 Å². The Hall–Kier alpha value is -8.14. The number of furan rings is 2. The van der Waals surface area contributed by atoms with Gasteiger partial charge < -0.3 is 13.4 Å². The highest BCUT2D eigenvalue weighted by atomic mass is 16.3. The highest BCUT2D eigenvalue weighted by Gasteiger charge is 2.21. The van der Waals surface area contributed by atoms with Crippen LogP contribution in [-0.2, 0) is 6.42 Å². The molecule has 3 heterocycles. The summed E-state index contributed by atoms with van der Waals surface area (Å²) in [6.45, 7) is 0. The highest BCUT2D eigenvalue weighted by molar-refractivity contribution is 6.26. The summed E-state index contributed by atoms with van der Waals surface area (Å²) >= 11 is 0. The quantitative estimate of drug-likeness (QED) is 0.166. The Balaban J connectivity index is 0.984. The smallest absolute Gasteiger partial charge is 0.143 e. The largest absolute Gasteiger partial charge is 0.460 e. The van der Waals surface area contributed by atoms with Crippen molar-refractivity contribution in [2.75, 3.05) is 0 Å². The molecule has 13 aromatic rings. The maximum atomic E-state index is 6.65. The van der Waals surface area contributed by atoms with Crippen molar-refractivity contribution in [3.63, 3.8) is 0 Å². The lowest BCUT2D eigenvalue weighted by Gasteiger charge is -2.13. The van der Waals surface area contributed by atoms with Gasteiger partial charge in [-0.2, -0.15) is 0 Å². The van der Waals surface area contributed by atoms with Crippen molar-refractivity contribution in [2.24, 2.45) is 0 Å². The van der Waals surface area contributed by atoms with Crippen LogP contribution in [0.5, 0.6) is 0 Å². The van der Waals surface area contributed by atoms with Crippen molar-refractivity contribution >= 4 is 93.1 Å². The summed E-state index contributed by atoms with van der Waals surface area (Å²) in [5, 5.41) is 13.5. The molecule has 0 saturated heterocycles. The monoisotopic (exact) mass is 803 g/mol. The van der Waals surface area contributed by atoms with Gasteiger partial charge in [0.2, 0.25) is 0 Å². The Morgan fingerprint density at radius 2 is 0.905 bits per heavy atom. The van der Waals surface area contributed by atoms with Gasteiger partial charge in [-0.05, 0) is 110 Å². The van der Waals surface area contributed by atoms with E-state index in [0.717, 1.165) is 85.1 Å². The summed E-state index contributed by atoms with van der Waals surface area (Å²) in [6.07, 6.45) is 6.42. The number of rotatable bonds is 4. The van der Waals surface area contributed by atoms with Gasteiger partial charge in [-0.25, -0.2) is 0 Å². The highest BCUT2D eigenvalue weighted by Crippen LogP contribution is 2.43. The molecule has 0 unspecified atom stereocenters. The molecule has 10 aromatic carbocycles. The topological polar surface area (TPSA) is 31.2 Å². The molecule has 14 rings (SSSR count). The van der Waals surface area contributed by atoms with E-state index in [-0.39, 0.29) is 0 Å². The minimum absolute atomic E-state index is 0.902. The zero-order chi connectivity index (χ0) is 41.2. The second kappa shape index (κ2) is 13.2. The molecule has 1 aliphatic rings. The predicted molar refractivity (Wildman–Crippen MR) is 264 cm³/mol. The van der Waals surface area contributed by atoms with Crippen molar-refractivity contribution in [3.05, 3.63) is 205 Å². The van der Waals surface area contributed by atoms with Crippen molar-refractivity contribution in [2.45, 2.75) is 12.8 Å². The fourth-order valence-corrected chi connectivity index (χ4v) is 10.7. The summed E-state index contributed by atoms with van der Waals surface area (Å²) in [4.78, 5) is 0. The number of fused-ring (bicyclic) bond motifs is 15. The SMILES string of the molecule is C1=Cc2c(oc3c(-c4ccc5c(c4)c4cc(-c6cccc7c6oc6ccccc67)ccc4n5-c4cccc(-c5ccc6c7ccccc7c7ccccc7c6c5)c4)cccc23)CC1. The Morgan fingerprint density at radius 1 is 0.365 bits per heavy atom. The fourth-order valence-electron chi connectivity index (χ4n) is 10.7. The van der Waals surface area contributed by atoms with E-state index >= 15 is 0 Å². The van der Waals surface area contributed by atoms with Crippen molar-refractivity contribution in [1.29, 1.82) is 0 Å². The van der Waals surface area contributed by atoms with Gasteiger partial charge in [0.1, 0.15) is 22.5 Å². The molecule has 0 spiro atoms. The number of nitrogens with zero attached hydrogens (tertiary/aromatic N) is 1. The van der Waals surface area contributed by atoms with Crippen LogP contribution < -0.4 is 0 Å². The van der Waals surface area contributed by atoms with Crippen LogP contribution in [0.25, 0.3) is 132 Å². The minimum atomic E-state index is 0.902. The van der Waals surface area contributed by atoms with Crippen molar-refractivity contribution in [3.8, 4) is 39.1 Å². The molecule has 0 radical (unpaired) electrons. The van der Waals surface area contributed by atoms with Crippen molar-refractivity contribution < 1.29 is 8.83 Å². The summed E-state index contributed by atoms with van der Waals surface area (Å²) in [5.41, 5.74) is 14.2. The third kappa shape index (κ3) is 5.08. The molecule has 0 N–H and O–H groups in total. The van der Waals surface area contributed by atoms with Gasteiger partial charge in [0.25, 0.3) is 0 Å². The van der Waals surface area contributed by atoms with Crippen LogP contribution in [0.1, 0.15) is 17.7 Å². The van der Waals surface area contributed by atoms with E-state index < -0.39 is 0 Å². The Morgan fingerprint density at radius 3 is 1.62 bits per heavy atom. The van der Waals surface area contributed by atoms with E-state index in [1.165, 1.54) is 65.2 Å².